The summed E-state index contributed by atoms with van der Waals surface area (Å²) in [7, 11) is 0. The van der Waals surface area contributed by atoms with Crippen molar-refractivity contribution in [2.45, 2.75) is 13.2 Å². The molecule has 106 valence electrons. The molecule has 5 nitrogen and oxygen atoms in total. The van der Waals surface area contributed by atoms with E-state index in [0.717, 1.165) is 11.1 Å². The van der Waals surface area contributed by atoms with Gasteiger partial charge in [0.2, 0.25) is 5.89 Å². The number of nitrogens with one attached hydrogen (secondary N) is 1. The third-order valence-electron chi connectivity index (χ3n) is 2.93. The van der Waals surface area contributed by atoms with Crippen molar-refractivity contribution in [3.8, 4) is 0 Å². The highest BCUT2D eigenvalue weighted by atomic mass is 16.5. The van der Waals surface area contributed by atoms with Crippen molar-refractivity contribution >= 4 is 17.2 Å². The van der Waals surface area contributed by atoms with Gasteiger partial charge in [-0.05, 0) is 17.7 Å². The first-order valence-electron chi connectivity index (χ1n) is 6.60. The minimum absolute atomic E-state index is 0.197. The van der Waals surface area contributed by atoms with E-state index in [4.69, 9.17) is 9.15 Å². The van der Waals surface area contributed by atoms with Crippen LogP contribution in [0.1, 0.15) is 11.5 Å². The van der Waals surface area contributed by atoms with Gasteiger partial charge in [-0.15, -0.1) is 0 Å². The molecule has 0 atom stereocenters. The van der Waals surface area contributed by atoms with E-state index in [9.17, 15) is 4.79 Å². The average molecular weight is 282 g/mol. The van der Waals surface area contributed by atoms with Gasteiger partial charge in [-0.25, -0.2) is 9.78 Å². The Morgan fingerprint density at radius 3 is 2.67 bits per heavy atom. The molecular formula is C16H14N2O3. The number of aromatic nitrogens is 1. The zero-order valence-electron chi connectivity index (χ0n) is 11.3. The molecule has 1 N–H and O–H groups in total. The molecule has 0 fully saturated rings. The average Bonchev–Trinajstić information content (AvgIpc) is 2.95. The molecule has 1 amide bonds. The van der Waals surface area contributed by atoms with E-state index in [1.807, 2.05) is 54.6 Å². The van der Waals surface area contributed by atoms with Crippen LogP contribution in [-0.2, 0) is 17.9 Å². The SMILES string of the molecule is O=C(NCc1nc2ccccc2o1)OCc1ccccc1. The number of hydrogen-bond donors (Lipinski definition) is 1. The lowest BCUT2D eigenvalue weighted by atomic mass is 10.2. The minimum atomic E-state index is -0.499. The summed E-state index contributed by atoms with van der Waals surface area (Å²) in [5, 5.41) is 2.61. The van der Waals surface area contributed by atoms with Gasteiger partial charge in [0, 0.05) is 0 Å². The summed E-state index contributed by atoms with van der Waals surface area (Å²) in [5.74, 6) is 0.452. The lowest BCUT2D eigenvalue weighted by Gasteiger charge is -2.05. The molecule has 0 unspecified atom stereocenters. The lowest BCUT2D eigenvalue weighted by Crippen LogP contribution is -2.23. The van der Waals surface area contributed by atoms with Crippen molar-refractivity contribution in [1.29, 1.82) is 0 Å². The van der Waals surface area contributed by atoms with Gasteiger partial charge < -0.3 is 14.5 Å². The molecule has 2 aromatic carbocycles. The maximum Gasteiger partial charge on any atom is 0.407 e. The smallest absolute Gasteiger partial charge is 0.407 e. The van der Waals surface area contributed by atoms with Crippen molar-refractivity contribution in [2.24, 2.45) is 0 Å². The van der Waals surface area contributed by atoms with Gasteiger partial charge in [-0.3, -0.25) is 0 Å². The van der Waals surface area contributed by atoms with Gasteiger partial charge >= 0.3 is 6.09 Å². The number of para-hydroxylation sites is 2. The van der Waals surface area contributed by atoms with Crippen LogP contribution in [-0.4, -0.2) is 11.1 Å². The molecule has 21 heavy (non-hydrogen) atoms. The monoisotopic (exact) mass is 282 g/mol. The molecule has 5 heteroatoms. The molecule has 0 radical (unpaired) electrons. The Kier molecular flexibility index (Phi) is 3.82. The Morgan fingerprint density at radius 2 is 1.86 bits per heavy atom. The lowest BCUT2D eigenvalue weighted by molar-refractivity contribution is 0.138. The Balaban J connectivity index is 1.51. The first-order valence-corrected chi connectivity index (χ1v) is 6.60. The van der Waals surface area contributed by atoms with Gasteiger partial charge in [-0.1, -0.05) is 42.5 Å². The molecule has 0 bridgehead atoms. The minimum Gasteiger partial charge on any atom is -0.445 e. The van der Waals surface area contributed by atoms with Crippen LogP contribution in [0.2, 0.25) is 0 Å². The van der Waals surface area contributed by atoms with Gasteiger partial charge in [0.15, 0.2) is 5.58 Å². The number of carbonyl (C=O) groups excluding carboxylic acids is 1. The van der Waals surface area contributed by atoms with Crippen molar-refractivity contribution in [2.75, 3.05) is 0 Å². The van der Waals surface area contributed by atoms with Crippen LogP contribution in [0.5, 0.6) is 0 Å². The fourth-order valence-electron chi connectivity index (χ4n) is 1.92. The maximum atomic E-state index is 11.6. The summed E-state index contributed by atoms with van der Waals surface area (Å²) < 4.78 is 10.6. The number of fused-ring (bicyclic) bond motifs is 1. The van der Waals surface area contributed by atoms with E-state index < -0.39 is 6.09 Å². The molecule has 0 saturated carbocycles. The van der Waals surface area contributed by atoms with E-state index in [1.54, 1.807) is 0 Å². The second-order valence-electron chi connectivity index (χ2n) is 4.49. The molecule has 3 aromatic rings. The van der Waals surface area contributed by atoms with Crippen LogP contribution >= 0.6 is 0 Å². The van der Waals surface area contributed by atoms with E-state index in [2.05, 4.69) is 10.3 Å². The number of rotatable bonds is 4. The van der Waals surface area contributed by atoms with Crippen LogP contribution < -0.4 is 5.32 Å². The van der Waals surface area contributed by atoms with E-state index >= 15 is 0 Å². The third kappa shape index (κ3) is 3.39. The van der Waals surface area contributed by atoms with Crippen LogP contribution in [0.4, 0.5) is 4.79 Å². The van der Waals surface area contributed by atoms with Crippen molar-refractivity contribution < 1.29 is 13.9 Å². The molecule has 0 aliphatic carbocycles. The summed E-state index contributed by atoms with van der Waals surface area (Å²) in [6.07, 6.45) is -0.499. The van der Waals surface area contributed by atoms with E-state index in [1.165, 1.54) is 0 Å². The fourth-order valence-corrected chi connectivity index (χ4v) is 1.92. The largest absolute Gasteiger partial charge is 0.445 e. The Bertz CT molecular complexity index is 704. The predicted octanol–water partition coefficient (Wildman–Crippen LogP) is 3.25. The molecule has 0 aliphatic rings. The quantitative estimate of drug-likeness (QED) is 0.797. The number of benzene rings is 2. The number of amides is 1. The second-order valence-corrected chi connectivity index (χ2v) is 4.49. The summed E-state index contributed by atoms with van der Waals surface area (Å²) in [6.45, 7) is 0.433. The number of alkyl carbamates (subject to hydrolysis) is 1. The van der Waals surface area contributed by atoms with Gasteiger partial charge in [-0.2, -0.15) is 0 Å². The zero-order valence-corrected chi connectivity index (χ0v) is 11.3. The van der Waals surface area contributed by atoms with Crippen molar-refractivity contribution in [1.82, 2.24) is 10.3 Å². The Labute approximate surface area is 121 Å². The highest BCUT2D eigenvalue weighted by Gasteiger charge is 2.07. The molecule has 0 saturated heterocycles. The highest BCUT2D eigenvalue weighted by Crippen LogP contribution is 2.14. The van der Waals surface area contributed by atoms with Crippen LogP contribution in [0.25, 0.3) is 11.1 Å². The first-order chi connectivity index (χ1) is 10.3. The maximum absolute atomic E-state index is 11.6. The molecule has 0 aliphatic heterocycles. The Hall–Kier alpha value is -2.82. The molecule has 0 spiro atoms. The molecule has 1 heterocycles. The number of carbonyl (C=O) groups is 1. The number of ether oxygens (including phenoxy) is 1. The van der Waals surface area contributed by atoms with Gasteiger partial charge in [0.25, 0.3) is 0 Å². The third-order valence-corrected chi connectivity index (χ3v) is 2.93. The second kappa shape index (κ2) is 6.09. The first kappa shape index (κ1) is 13.2. The number of oxazole rings is 1. The number of hydrogen-bond acceptors (Lipinski definition) is 4. The van der Waals surface area contributed by atoms with Crippen LogP contribution in [0.3, 0.4) is 0 Å². The normalized spacial score (nSPS) is 10.5. The summed E-state index contributed by atoms with van der Waals surface area (Å²) in [5.41, 5.74) is 2.41. The zero-order chi connectivity index (χ0) is 14.5. The van der Waals surface area contributed by atoms with E-state index in [-0.39, 0.29) is 13.2 Å². The summed E-state index contributed by atoms with van der Waals surface area (Å²) >= 11 is 0. The molecular weight excluding hydrogens is 268 g/mol. The summed E-state index contributed by atoms with van der Waals surface area (Å²) in [4.78, 5) is 15.9. The molecule has 1 aromatic heterocycles. The van der Waals surface area contributed by atoms with Gasteiger partial charge in [0.05, 0.1) is 6.54 Å². The van der Waals surface area contributed by atoms with Gasteiger partial charge in [0.1, 0.15) is 12.1 Å². The highest BCUT2D eigenvalue weighted by molar-refractivity contribution is 5.72. The Morgan fingerprint density at radius 1 is 1.10 bits per heavy atom. The molecule has 3 rings (SSSR count). The fraction of sp³-hybridized carbons (Fsp3) is 0.125. The predicted molar refractivity (Wildman–Crippen MR) is 77.5 cm³/mol. The van der Waals surface area contributed by atoms with Crippen LogP contribution in [0.15, 0.2) is 59.0 Å². The number of nitrogens with zero attached hydrogens (tertiary/aromatic N) is 1. The standard InChI is InChI=1S/C16H14N2O3/c19-16(20-11-12-6-2-1-3-7-12)17-10-15-18-13-8-4-5-9-14(13)21-15/h1-9H,10-11H2,(H,17,19). The van der Waals surface area contributed by atoms with Crippen LogP contribution in [0, 0.1) is 0 Å². The van der Waals surface area contributed by atoms with Crippen molar-refractivity contribution in [3.05, 3.63) is 66.1 Å². The summed E-state index contributed by atoms with van der Waals surface area (Å²) in [6, 6.07) is 17.0. The van der Waals surface area contributed by atoms with E-state index in [0.29, 0.717) is 11.5 Å². The topological polar surface area (TPSA) is 64.4 Å². The van der Waals surface area contributed by atoms with Crippen molar-refractivity contribution in [3.63, 3.8) is 0 Å².